The molecule has 2 fully saturated rings. The van der Waals surface area contributed by atoms with Crippen LogP contribution in [0.2, 0.25) is 0 Å². The fraction of sp³-hybridized carbons (Fsp3) is 0.667. The minimum Gasteiger partial charge on any atom is -0.493 e. The Morgan fingerprint density at radius 2 is 2.14 bits per heavy atom. The summed E-state index contributed by atoms with van der Waals surface area (Å²) < 4.78 is 5.86. The molecule has 1 saturated heterocycles. The summed E-state index contributed by atoms with van der Waals surface area (Å²) in [5, 5.41) is 3.81. The first-order valence-electron chi connectivity index (χ1n) is 8.36. The van der Waals surface area contributed by atoms with Gasteiger partial charge in [0.2, 0.25) is 0 Å². The first-order valence-corrected chi connectivity index (χ1v) is 8.36. The Morgan fingerprint density at radius 3 is 2.95 bits per heavy atom. The summed E-state index contributed by atoms with van der Waals surface area (Å²) in [5.41, 5.74) is 1.72. The van der Waals surface area contributed by atoms with Gasteiger partial charge in [-0.05, 0) is 38.7 Å². The number of nitrogens with zero attached hydrogens (tertiary/aromatic N) is 1. The summed E-state index contributed by atoms with van der Waals surface area (Å²) in [6.45, 7) is 9.03. The summed E-state index contributed by atoms with van der Waals surface area (Å²) in [6, 6.07) is 9.16. The molecule has 1 saturated carbocycles. The third-order valence-electron chi connectivity index (χ3n) is 5.69. The maximum absolute atomic E-state index is 5.86. The zero-order valence-electron chi connectivity index (χ0n) is 13.1. The lowest BCUT2D eigenvalue weighted by atomic mass is 9.90. The van der Waals surface area contributed by atoms with Crippen molar-refractivity contribution in [2.45, 2.75) is 44.2 Å². The molecule has 0 spiro atoms. The summed E-state index contributed by atoms with van der Waals surface area (Å²) >= 11 is 0. The van der Waals surface area contributed by atoms with Crippen LogP contribution in [0.15, 0.2) is 24.3 Å². The second-order valence-electron chi connectivity index (χ2n) is 7.40. The molecule has 4 rings (SSSR count). The monoisotopic (exact) mass is 286 g/mol. The van der Waals surface area contributed by atoms with Crippen molar-refractivity contribution in [2.75, 3.05) is 26.2 Å². The molecule has 3 aliphatic rings. The minimum atomic E-state index is 0.325. The highest BCUT2D eigenvalue weighted by Gasteiger charge is 2.45. The number of hydrogen-bond donors (Lipinski definition) is 1. The van der Waals surface area contributed by atoms with Gasteiger partial charge in [-0.1, -0.05) is 18.2 Å². The lowest BCUT2D eigenvalue weighted by Gasteiger charge is -2.46. The van der Waals surface area contributed by atoms with Gasteiger partial charge in [0.25, 0.3) is 0 Å². The quantitative estimate of drug-likeness (QED) is 0.924. The van der Waals surface area contributed by atoms with Crippen molar-refractivity contribution < 1.29 is 4.74 Å². The number of rotatable bonds is 3. The minimum absolute atomic E-state index is 0.325. The topological polar surface area (TPSA) is 24.5 Å². The molecule has 1 aromatic rings. The molecule has 3 nitrogen and oxygen atoms in total. The number of piperazine rings is 1. The second-order valence-corrected chi connectivity index (χ2v) is 7.40. The molecular formula is C18H26N2O. The Balaban J connectivity index is 1.48. The number of fused-ring (bicyclic) bond motifs is 1. The SMILES string of the molecule is CC1CNC(C)(C2CC2)CN1CC1COc2ccccc21. The van der Waals surface area contributed by atoms with Crippen molar-refractivity contribution >= 4 is 0 Å². The fourth-order valence-electron chi connectivity index (χ4n) is 4.05. The van der Waals surface area contributed by atoms with E-state index in [1.807, 2.05) is 0 Å². The van der Waals surface area contributed by atoms with E-state index in [2.05, 4.69) is 48.3 Å². The molecule has 1 aliphatic carbocycles. The second kappa shape index (κ2) is 4.99. The van der Waals surface area contributed by atoms with Gasteiger partial charge >= 0.3 is 0 Å². The van der Waals surface area contributed by atoms with Crippen molar-refractivity contribution in [1.29, 1.82) is 0 Å². The van der Waals surface area contributed by atoms with Gasteiger partial charge in [-0.3, -0.25) is 4.90 Å². The van der Waals surface area contributed by atoms with Crippen LogP contribution in [-0.2, 0) is 0 Å². The van der Waals surface area contributed by atoms with Gasteiger partial charge in [-0.2, -0.15) is 0 Å². The molecular weight excluding hydrogens is 260 g/mol. The first-order chi connectivity index (χ1) is 10.2. The predicted molar refractivity (Wildman–Crippen MR) is 84.8 cm³/mol. The highest BCUT2D eigenvalue weighted by molar-refractivity contribution is 5.39. The molecule has 0 bridgehead atoms. The van der Waals surface area contributed by atoms with Crippen molar-refractivity contribution in [3.05, 3.63) is 29.8 Å². The van der Waals surface area contributed by atoms with Crippen LogP contribution in [0, 0.1) is 5.92 Å². The smallest absolute Gasteiger partial charge is 0.122 e. The van der Waals surface area contributed by atoms with Crippen molar-refractivity contribution in [3.63, 3.8) is 0 Å². The lowest BCUT2D eigenvalue weighted by molar-refractivity contribution is 0.0753. The van der Waals surface area contributed by atoms with Gasteiger partial charge < -0.3 is 10.1 Å². The Hall–Kier alpha value is -1.06. The Kier molecular flexibility index (Phi) is 3.23. The molecule has 1 aromatic carbocycles. The van der Waals surface area contributed by atoms with Gasteiger partial charge in [0, 0.05) is 42.7 Å². The Bertz CT molecular complexity index is 528. The molecule has 2 aliphatic heterocycles. The summed E-state index contributed by atoms with van der Waals surface area (Å²) in [6.07, 6.45) is 2.81. The molecule has 0 amide bonds. The maximum Gasteiger partial charge on any atom is 0.122 e. The molecule has 3 unspecified atom stereocenters. The maximum atomic E-state index is 5.86. The van der Waals surface area contributed by atoms with Crippen LogP contribution in [0.5, 0.6) is 5.75 Å². The van der Waals surface area contributed by atoms with E-state index in [4.69, 9.17) is 4.74 Å². The standard InChI is InChI=1S/C18H26N2O/c1-13-9-19-18(2,15-7-8-15)12-20(13)10-14-11-21-17-6-4-3-5-16(14)17/h3-6,13-15,19H,7-12H2,1-2H3. The van der Waals surface area contributed by atoms with Crippen molar-refractivity contribution in [1.82, 2.24) is 10.2 Å². The normalized spacial score (nSPS) is 36.3. The predicted octanol–water partition coefficient (Wildman–Crippen LogP) is 2.63. The van der Waals surface area contributed by atoms with Gasteiger partial charge in [0.15, 0.2) is 0 Å². The first kappa shape index (κ1) is 13.6. The van der Waals surface area contributed by atoms with Crippen LogP contribution in [0.1, 0.15) is 38.2 Å². The highest BCUT2D eigenvalue weighted by atomic mass is 16.5. The number of nitrogens with one attached hydrogen (secondary N) is 1. The van der Waals surface area contributed by atoms with E-state index in [1.54, 1.807) is 0 Å². The number of benzene rings is 1. The average molecular weight is 286 g/mol. The average Bonchev–Trinajstić information content (AvgIpc) is 3.27. The summed E-state index contributed by atoms with van der Waals surface area (Å²) in [4.78, 5) is 2.69. The number of para-hydroxylation sites is 1. The largest absolute Gasteiger partial charge is 0.493 e. The van der Waals surface area contributed by atoms with Crippen molar-refractivity contribution in [3.8, 4) is 5.75 Å². The lowest BCUT2D eigenvalue weighted by Crippen LogP contribution is -2.63. The molecule has 0 radical (unpaired) electrons. The molecule has 114 valence electrons. The third-order valence-corrected chi connectivity index (χ3v) is 5.69. The van der Waals surface area contributed by atoms with E-state index in [9.17, 15) is 0 Å². The van der Waals surface area contributed by atoms with Crippen LogP contribution in [0.4, 0.5) is 0 Å². The van der Waals surface area contributed by atoms with Crippen LogP contribution in [-0.4, -0.2) is 42.7 Å². The van der Waals surface area contributed by atoms with E-state index < -0.39 is 0 Å². The van der Waals surface area contributed by atoms with E-state index in [0.717, 1.165) is 31.4 Å². The molecule has 2 heterocycles. The van der Waals surface area contributed by atoms with Gasteiger partial charge in [0.1, 0.15) is 5.75 Å². The number of hydrogen-bond acceptors (Lipinski definition) is 3. The molecule has 3 atom stereocenters. The zero-order chi connectivity index (χ0) is 14.4. The number of ether oxygens (including phenoxy) is 1. The third kappa shape index (κ3) is 2.47. The van der Waals surface area contributed by atoms with E-state index in [0.29, 0.717) is 17.5 Å². The highest BCUT2D eigenvalue weighted by Crippen LogP contribution is 2.42. The molecule has 1 N–H and O–H groups in total. The van der Waals surface area contributed by atoms with Crippen LogP contribution in [0.25, 0.3) is 0 Å². The molecule has 3 heteroatoms. The van der Waals surface area contributed by atoms with Gasteiger partial charge in [0.05, 0.1) is 6.61 Å². The zero-order valence-corrected chi connectivity index (χ0v) is 13.1. The summed E-state index contributed by atoms with van der Waals surface area (Å²) in [5.74, 6) is 2.51. The molecule has 21 heavy (non-hydrogen) atoms. The van der Waals surface area contributed by atoms with Gasteiger partial charge in [-0.25, -0.2) is 0 Å². The Morgan fingerprint density at radius 1 is 1.33 bits per heavy atom. The van der Waals surface area contributed by atoms with Crippen molar-refractivity contribution in [2.24, 2.45) is 5.92 Å². The van der Waals surface area contributed by atoms with E-state index in [-0.39, 0.29) is 0 Å². The van der Waals surface area contributed by atoms with E-state index >= 15 is 0 Å². The van der Waals surface area contributed by atoms with E-state index in [1.165, 1.54) is 24.9 Å². The van der Waals surface area contributed by atoms with Gasteiger partial charge in [-0.15, -0.1) is 0 Å². The Labute approximate surface area is 127 Å². The van der Waals surface area contributed by atoms with Crippen LogP contribution in [0.3, 0.4) is 0 Å². The van der Waals surface area contributed by atoms with Crippen LogP contribution < -0.4 is 10.1 Å². The summed E-state index contributed by atoms with van der Waals surface area (Å²) in [7, 11) is 0. The van der Waals surface area contributed by atoms with Crippen LogP contribution >= 0.6 is 0 Å². The molecule has 0 aromatic heterocycles. The fourth-order valence-corrected chi connectivity index (χ4v) is 4.05.